The van der Waals surface area contributed by atoms with Gasteiger partial charge in [-0.3, -0.25) is 4.79 Å². The molecular formula is C8H11NO2. The Morgan fingerprint density at radius 2 is 2.27 bits per heavy atom. The zero-order valence-corrected chi connectivity index (χ0v) is 6.66. The SMILES string of the molecule is CCc1ccn(C)c(=O)c1O. The van der Waals surface area contributed by atoms with Crippen molar-refractivity contribution in [3.05, 3.63) is 28.2 Å². The average Bonchev–Trinajstić information content (AvgIpc) is 2.01. The fourth-order valence-corrected chi connectivity index (χ4v) is 0.938. The molecule has 0 aliphatic rings. The minimum atomic E-state index is -0.329. The van der Waals surface area contributed by atoms with Crippen molar-refractivity contribution < 1.29 is 5.11 Å². The monoisotopic (exact) mass is 153 g/mol. The van der Waals surface area contributed by atoms with E-state index in [1.54, 1.807) is 19.3 Å². The van der Waals surface area contributed by atoms with Crippen LogP contribution in [0.2, 0.25) is 0 Å². The molecular weight excluding hydrogens is 142 g/mol. The molecule has 1 aromatic heterocycles. The first kappa shape index (κ1) is 7.85. The van der Waals surface area contributed by atoms with Gasteiger partial charge in [-0.05, 0) is 12.5 Å². The summed E-state index contributed by atoms with van der Waals surface area (Å²) in [5.41, 5.74) is 0.373. The molecule has 0 aromatic carbocycles. The van der Waals surface area contributed by atoms with Crippen LogP contribution >= 0.6 is 0 Å². The molecule has 1 N–H and O–H groups in total. The zero-order chi connectivity index (χ0) is 8.43. The van der Waals surface area contributed by atoms with Crippen LogP contribution in [0, 0.1) is 0 Å². The Labute approximate surface area is 64.9 Å². The maximum atomic E-state index is 11.1. The molecule has 0 saturated heterocycles. The van der Waals surface area contributed by atoms with Gasteiger partial charge in [0.05, 0.1) is 0 Å². The Hall–Kier alpha value is -1.25. The van der Waals surface area contributed by atoms with Crippen LogP contribution in [0.1, 0.15) is 12.5 Å². The molecule has 0 spiro atoms. The quantitative estimate of drug-likeness (QED) is 0.643. The molecule has 1 aromatic rings. The second kappa shape index (κ2) is 2.78. The molecule has 3 heteroatoms. The van der Waals surface area contributed by atoms with Crippen molar-refractivity contribution in [3.8, 4) is 5.75 Å². The summed E-state index contributed by atoms with van der Waals surface area (Å²) >= 11 is 0. The summed E-state index contributed by atoms with van der Waals surface area (Å²) in [7, 11) is 1.61. The summed E-state index contributed by atoms with van der Waals surface area (Å²) in [4.78, 5) is 11.1. The van der Waals surface area contributed by atoms with Crippen LogP contribution in [0.3, 0.4) is 0 Å². The Kier molecular flexibility index (Phi) is 1.98. The number of pyridine rings is 1. The van der Waals surface area contributed by atoms with Crippen LogP contribution in [-0.2, 0) is 13.5 Å². The Morgan fingerprint density at radius 1 is 1.64 bits per heavy atom. The first-order valence-corrected chi connectivity index (χ1v) is 3.54. The van der Waals surface area contributed by atoms with Gasteiger partial charge < -0.3 is 9.67 Å². The first-order chi connectivity index (χ1) is 5.16. The smallest absolute Gasteiger partial charge is 0.292 e. The predicted octanol–water partition coefficient (Wildman–Crippen LogP) is 0.653. The third-order valence-corrected chi connectivity index (χ3v) is 1.71. The van der Waals surface area contributed by atoms with E-state index < -0.39 is 0 Å². The van der Waals surface area contributed by atoms with Gasteiger partial charge in [0.1, 0.15) is 0 Å². The molecule has 0 atom stereocenters. The number of aromatic nitrogens is 1. The maximum Gasteiger partial charge on any atom is 0.292 e. The van der Waals surface area contributed by atoms with Gasteiger partial charge >= 0.3 is 0 Å². The molecule has 0 amide bonds. The molecule has 0 unspecified atom stereocenters. The molecule has 60 valence electrons. The molecule has 11 heavy (non-hydrogen) atoms. The van der Waals surface area contributed by atoms with Gasteiger partial charge in [0, 0.05) is 18.8 Å². The Balaban J connectivity index is 3.37. The molecule has 1 heterocycles. The van der Waals surface area contributed by atoms with Crippen LogP contribution in [0.15, 0.2) is 17.1 Å². The molecule has 0 aliphatic heterocycles. The van der Waals surface area contributed by atoms with E-state index in [0.717, 1.165) is 0 Å². The van der Waals surface area contributed by atoms with Gasteiger partial charge in [0.15, 0.2) is 5.75 Å². The lowest BCUT2D eigenvalue weighted by atomic mass is 10.2. The van der Waals surface area contributed by atoms with Crippen molar-refractivity contribution in [1.82, 2.24) is 4.57 Å². The highest BCUT2D eigenvalue weighted by Crippen LogP contribution is 2.09. The molecule has 0 radical (unpaired) electrons. The summed E-state index contributed by atoms with van der Waals surface area (Å²) in [5.74, 6) is -0.127. The van der Waals surface area contributed by atoms with Gasteiger partial charge in [-0.25, -0.2) is 0 Å². The average molecular weight is 153 g/mol. The summed E-state index contributed by atoms with van der Waals surface area (Å²) in [5, 5.41) is 9.25. The van der Waals surface area contributed by atoms with Gasteiger partial charge in [0.2, 0.25) is 0 Å². The standard InChI is InChI=1S/C8H11NO2/c1-3-6-4-5-9(2)8(11)7(6)10/h4-5,10H,3H2,1-2H3. The molecule has 0 fully saturated rings. The third-order valence-electron chi connectivity index (χ3n) is 1.71. The number of aromatic hydroxyl groups is 1. The van der Waals surface area contributed by atoms with E-state index in [1.807, 2.05) is 6.92 Å². The fourth-order valence-electron chi connectivity index (χ4n) is 0.938. The van der Waals surface area contributed by atoms with E-state index in [0.29, 0.717) is 12.0 Å². The van der Waals surface area contributed by atoms with Gasteiger partial charge in [-0.1, -0.05) is 6.92 Å². The number of rotatable bonds is 1. The van der Waals surface area contributed by atoms with Crippen LogP contribution in [-0.4, -0.2) is 9.67 Å². The van der Waals surface area contributed by atoms with Crippen LogP contribution in [0.4, 0.5) is 0 Å². The molecule has 3 nitrogen and oxygen atoms in total. The van der Waals surface area contributed by atoms with E-state index in [1.165, 1.54) is 4.57 Å². The van der Waals surface area contributed by atoms with Crippen molar-refractivity contribution in [2.45, 2.75) is 13.3 Å². The molecule has 0 aliphatic carbocycles. The highest BCUT2D eigenvalue weighted by molar-refractivity contribution is 5.28. The second-order valence-corrected chi connectivity index (χ2v) is 2.46. The largest absolute Gasteiger partial charge is 0.503 e. The number of hydrogen-bond acceptors (Lipinski definition) is 2. The lowest BCUT2D eigenvalue weighted by Gasteiger charge is -2.01. The normalized spacial score (nSPS) is 10.0. The van der Waals surface area contributed by atoms with Gasteiger partial charge in [0.25, 0.3) is 5.56 Å². The van der Waals surface area contributed by atoms with Crippen molar-refractivity contribution in [2.75, 3.05) is 0 Å². The molecule has 1 rings (SSSR count). The Bertz CT molecular complexity index is 314. The zero-order valence-electron chi connectivity index (χ0n) is 6.66. The molecule has 0 saturated carbocycles. The lowest BCUT2D eigenvalue weighted by molar-refractivity contribution is 0.454. The fraction of sp³-hybridized carbons (Fsp3) is 0.375. The third kappa shape index (κ3) is 1.27. The van der Waals surface area contributed by atoms with Crippen LogP contribution in [0.25, 0.3) is 0 Å². The summed E-state index contributed by atoms with van der Waals surface area (Å²) in [6.45, 7) is 1.90. The van der Waals surface area contributed by atoms with Crippen LogP contribution in [0.5, 0.6) is 5.75 Å². The number of aryl methyl sites for hydroxylation is 2. The van der Waals surface area contributed by atoms with E-state index in [4.69, 9.17) is 0 Å². The number of hydrogen-bond donors (Lipinski definition) is 1. The van der Waals surface area contributed by atoms with Crippen molar-refractivity contribution in [1.29, 1.82) is 0 Å². The highest BCUT2D eigenvalue weighted by Gasteiger charge is 2.03. The van der Waals surface area contributed by atoms with Crippen LogP contribution < -0.4 is 5.56 Å². The highest BCUT2D eigenvalue weighted by atomic mass is 16.3. The van der Waals surface area contributed by atoms with E-state index in [2.05, 4.69) is 0 Å². The second-order valence-electron chi connectivity index (χ2n) is 2.46. The van der Waals surface area contributed by atoms with E-state index in [9.17, 15) is 9.90 Å². The van der Waals surface area contributed by atoms with Gasteiger partial charge in [-0.15, -0.1) is 0 Å². The maximum absolute atomic E-state index is 11.1. The molecule has 0 bridgehead atoms. The lowest BCUT2D eigenvalue weighted by Crippen LogP contribution is -2.16. The van der Waals surface area contributed by atoms with Gasteiger partial charge in [-0.2, -0.15) is 0 Å². The van der Waals surface area contributed by atoms with Crippen molar-refractivity contribution in [3.63, 3.8) is 0 Å². The summed E-state index contributed by atoms with van der Waals surface area (Å²) < 4.78 is 1.36. The van der Waals surface area contributed by atoms with Crippen molar-refractivity contribution >= 4 is 0 Å². The summed E-state index contributed by atoms with van der Waals surface area (Å²) in [6.07, 6.45) is 2.34. The topological polar surface area (TPSA) is 42.2 Å². The van der Waals surface area contributed by atoms with E-state index in [-0.39, 0.29) is 11.3 Å². The minimum Gasteiger partial charge on any atom is -0.503 e. The van der Waals surface area contributed by atoms with E-state index >= 15 is 0 Å². The number of nitrogens with zero attached hydrogens (tertiary/aromatic N) is 1. The minimum absolute atomic E-state index is 0.127. The predicted molar refractivity (Wildman–Crippen MR) is 42.7 cm³/mol. The Morgan fingerprint density at radius 3 is 2.82 bits per heavy atom. The first-order valence-electron chi connectivity index (χ1n) is 3.54. The summed E-state index contributed by atoms with van der Waals surface area (Å²) in [6, 6.07) is 1.75. The van der Waals surface area contributed by atoms with Crippen molar-refractivity contribution in [2.24, 2.45) is 7.05 Å².